The van der Waals surface area contributed by atoms with Crippen molar-refractivity contribution in [3.63, 3.8) is 0 Å². The molecule has 0 fully saturated rings. The monoisotopic (exact) mass is 359 g/mol. The lowest BCUT2D eigenvalue weighted by Gasteiger charge is -2.27. The maximum absolute atomic E-state index is 12.5. The second kappa shape index (κ2) is 10.9. The second-order valence-electron chi connectivity index (χ2n) is 4.93. The zero-order chi connectivity index (χ0) is 19.6. The molecule has 7 heteroatoms. The summed E-state index contributed by atoms with van der Waals surface area (Å²) in [6, 6.07) is 4.14. The molecule has 4 nitrogen and oxygen atoms in total. The average Bonchev–Trinajstić information content (AvgIpc) is 2.58. The third kappa shape index (κ3) is 6.89. The van der Waals surface area contributed by atoms with Gasteiger partial charge in [-0.1, -0.05) is 25.5 Å². The van der Waals surface area contributed by atoms with Gasteiger partial charge in [0.2, 0.25) is 0 Å². The van der Waals surface area contributed by atoms with Gasteiger partial charge in [0.1, 0.15) is 11.5 Å². The maximum atomic E-state index is 12.5. The zero-order valence-corrected chi connectivity index (χ0v) is 15.3. The van der Waals surface area contributed by atoms with Crippen LogP contribution in [0.4, 0.5) is 13.2 Å². The summed E-state index contributed by atoms with van der Waals surface area (Å²) in [4.78, 5) is 0. The molecule has 0 heterocycles. The van der Waals surface area contributed by atoms with Gasteiger partial charge in [-0.3, -0.25) is 0 Å². The summed E-state index contributed by atoms with van der Waals surface area (Å²) in [6.45, 7) is 5.89. The summed E-state index contributed by atoms with van der Waals surface area (Å²) < 4.78 is 43.2. The van der Waals surface area contributed by atoms with Crippen molar-refractivity contribution in [1.82, 2.24) is 5.32 Å². The normalized spacial score (nSPS) is 19.4. The highest BCUT2D eigenvalue weighted by Gasteiger charge is 2.30. The van der Waals surface area contributed by atoms with E-state index in [-0.39, 0.29) is 12.1 Å². The number of alkyl halides is 3. The van der Waals surface area contributed by atoms with Gasteiger partial charge < -0.3 is 21.5 Å². The molecule has 0 spiro atoms. The van der Waals surface area contributed by atoms with Crippen molar-refractivity contribution in [2.75, 3.05) is 14.1 Å². The van der Waals surface area contributed by atoms with Crippen LogP contribution in [0.2, 0.25) is 0 Å². The van der Waals surface area contributed by atoms with Gasteiger partial charge in [-0.15, -0.1) is 0 Å². The third-order valence-electron chi connectivity index (χ3n) is 3.25. The van der Waals surface area contributed by atoms with E-state index in [1.807, 2.05) is 32.9 Å². The van der Waals surface area contributed by atoms with Crippen molar-refractivity contribution < 1.29 is 17.9 Å². The van der Waals surface area contributed by atoms with Gasteiger partial charge in [0.15, 0.2) is 0 Å². The van der Waals surface area contributed by atoms with Gasteiger partial charge in [0.25, 0.3) is 0 Å². The van der Waals surface area contributed by atoms with E-state index < -0.39 is 11.7 Å². The standard InChI is InChI=1S/C15H17F3N2O.C2H6.CH5N/c1-9-7-12(19)14(20-2)13(8-9)21-11-5-3-10(4-6-11)15(16,17)18;2*1-2/h3-8,12,14,20H,19H2,1-2H3;1-2H3;2H2,1H3. The topological polar surface area (TPSA) is 73.3 Å². The van der Waals surface area contributed by atoms with Crippen LogP contribution in [0.5, 0.6) is 5.75 Å². The number of nitrogens with two attached hydrogens (primary N) is 2. The largest absolute Gasteiger partial charge is 0.460 e. The van der Waals surface area contributed by atoms with Gasteiger partial charge in [-0.2, -0.15) is 13.2 Å². The SMILES string of the molecule is CC.CN.CNC1C(Oc2ccc(C(F)(F)F)cc2)=CC(C)=CC1N. The molecule has 2 unspecified atom stereocenters. The number of halogens is 3. The van der Waals surface area contributed by atoms with E-state index in [1.54, 1.807) is 7.05 Å². The minimum Gasteiger partial charge on any atom is -0.460 e. The molecule has 0 amide bonds. The molecule has 5 N–H and O–H groups in total. The lowest BCUT2D eigenvalue weighted by Crippen LogP contribution is -2.46. The van der Waals surface area contributed by atoms with Crippen molar-refractivity contribution in [3.05, 3.63) is 53.3 Å². The van der Waals surface area contributed by atoms with Crippen LogP contribution in [0, 0.1) is 0 Å². The van der Waals surface area contributed by atoms with Crippen molar-refractivity contribution >= 4 is 0 Å². The third-order valence-corrected chi connectivity index (χ3v) is 3.25. The molecule has 2 atom stereocenters. The Kier molecular flexibility index (Phi) is 10.1. The number of likely N-dealkylation sites (N-methyl/N-ethyl adjacent to an activating group) is 1. The molecule has 25 heavy (non-hydrogen) atoms. The van der Waals surface area contributed by atoms with Gasteiger partial charge in [0, 0.05) is 6.04 Å². The molecule has 0 aromatic heterocycles. The van der Waals surface area contributed by atoms with Crippen molar-refractivity contribution in [2.45, 2.75) is 39.0 Å². The van der Waals surface area contributed by atoms with Crippen LogP contribution in [-0.2, 0) is 6.18 Å². The minimum absolute atomic E-state index is 0.212. The van der Waals surface area contributed by atoms with E-state index in [9.17, 15) is 13.2 Å². The molecule has 0 saturated carbocycles. The quantitative estimate of drug-likeness (QED) is 0.773. The first-order chi connectivity index (χ1) is 11.8. The van der Waals surface area contributed by atoms with Crippen molar-refractivity contribution in [2.24, 2.45) is 11.5 Å². The van der Waals surface area contributed by atoms with E-state index in [4.69, 9.17) is 10.5 Å². The molecule has 0 bridgehead atoms. The second-order valence-corrected chi connectivity index (χ2v) is 4.93. The summed E-state index contributed by atoms with van der Waals surface area (Å²) >= 11 is 0. The molecule has 1 aromatic rings. The van der Waals surface area contributed by atoms with Crippen molar-refractivity contribution in [1.29, 1.82) is 0 Å². The predicted molar refractivity (Wildman–Crippen MR) is 96.2 cm³/mol. The Morgan fingerprint density at radius 2 is 1.60 bits per heavy atom. The summed E-state index contributed by atoms with van der Waals surface area (Å²) in [5.41, 5.74) is 10.7. The smallest absolute Gasteiger partial charge is 0.416 e. The predicted octanol–water partition coefficient (Wildman–Crippen LogP) is 3.44. The number of ether oxygens (including phenoxy) is 1. The van der Waals surface area contributed by atoms with Crippen LogP contribution in [0.15, 0.2) is 47.7 Å². The van der Waals surface area contributed by atoms with Gasteiger partial charge in [-0.25, -0.2) is 0 Å². The molecule has 142 valence electrons. The first-order valence-electron chi connectivity index (χ1n) is 8.07. The van der Waals surface area contributed by atoms with E-state index in [0.29, 0.717) is 11.5 Å². The number of nitrogens with one attached hydrogen (secondary N) is 1. The lowest BCUT2D eigenvalue weighted by atomic mass is 9.97. The first kappa shape index (κ1) is 23.2. The highest BCUT2D eigenvalue weighted by molar-refractivity contribution is 5.36. The van der Waals surface area contributed by atoms with Crippen LogP contribution < -0.4 is 21.5 Å². The number of rotatable bonds is 3. The highest BCUT2D eigenvalue weighted by atomic mass is 19.4. The fraction of sp³-hybridized carbons (Fsp3) is 0.444. The molecular weight excluding hydrogens is 331 g/mol. The fourth-order valence-electron chi connectivity index (χ4n) is 2.23. The molecule has 0 aliphatic heterocycles. The minimum atomic E-state index is -4.35. The van der Waals surface area contributed by atoms with Crippen LogP contribution >= 0.6 is 0 Å². The molecule has 0 radical (unpaired) electrons. The van der Waals surface area contributed by atoms with Gasteiger partial charge >= 0.3 is 6.18 Å². The van der Waals surface area contributed by atoms with E-state index in [2.05, 4.69) is 11.1 Å². The summed E-state index contributed by atoms with van der Waals surface area (Å²) in [5.74, 6) is 0.932. The van der Waals surface area contributed by atoms with Crippen LogP contribution in [0.3, 0.4) is 0 Å². The van der Waals surface area contributed by atoms with Crippen LogP contribution in [0.25, 0.3) is 0 Å². The Hall–Kier alpha value is -1.83. The number of allylic oxidation sites excluding steroid dienone is 2. The van der Waals surface area contributed by atoms with E-state index in [1.165, 1.54) is 19.2 Å². The van der Waals surface area contributed by atoms with Crippen molar-refractivity contribution in [3.8, 4) is 5.75 Å². The summed E-state index contributed by atoms with van der Waals surface area (Å²) in [6.07, 6.45) is -0.624. The van der Waals surface area contributed by atoms with E-state index >= 15 is 0 Å². The Morgan fingerprint density at radius 3 is 2.04 bits per heavy atom. The lowest BCUT2D eigenvalue weighted by molar-refractivity contribution is -0.137. The highest BCUT2D eigenvalue weighted by Crippen LogP contribution is 2.31. The molecule has 0 saturated heterocycles. The fourth-order valence-corrected chi connectivity index (χ4v) is 2.23. The summed E-state index contributed by atoms with van der Waals surface area (Å²) in [5, 5.41) is 3.04. The molecule has 1 aliphatic rings. The molecular formula is C18H28F3N3O. The number of hydrogen-bond acceptors (Lipinski definition) is 4. The Labute approximate surface area is 147 Å². The average molecular weight is 359 g/mol. The molecule has 1 aromatic carbocycles. The Bertz CT molecular complexity index is 566. The first-order valence-corrected chi connectivity index (χ1v) is 8.07. The Morgan fingerprint density at radius 1 is 1.08 bits per heavy atom. The molecule has 1 aliphatic carbocycles. The Balaban J connectivity index is 0.00000134. The maximum Gasteiger partial charge on any atom is 0.416 e. The zero-order valence-electron chi connectivity index (χ0n) is 15.3. The van der Waals surface area contributed by atoms with Gasteiger partial charge in [-0.05, 0) is 51.4 Å². The van der Waals surface area contributed by atoms with Crippen LogP contribution in [-0.4, -0.2) is 26.2 Å². The van der Waals surface area contributed by atoms with E-state index in [0.717, 1.165) is 17.7 Å². The molecule has 2 rings (SSSR count). The summed E-state index contributed by atoms with van der Waals surface area (Å²) in [7, 11) is 3.25. The number of hydrogen-bond donors (Lipinski definition) is 3. The van der Waals surface area contributed by atoms with Gasteiger partial charge in [0.05, 0.1) is 11.6 Å². The van der Waals surface area contributed by atoms with Crippen LogP contribution in [0.1, 0.15) is 26.3 Å². The number of benzene rings is 1.